The van der Waals surface area contributed by atoms with Gasteiger partial charge in [0, 0.05) is 12.1 Å². The molecule has 1 aromatic carbocycles. The monoisotopic (exact) mass is 287 g/mol. The van der Waals surface area contributed by atoms with Crippen molar-refractivity contribution in [3.05, 3.63) is 58.4 Å². The maximum absolute atomic E-state index is 12.6. The lowest BCUT2D eigenvalue weighted by atomic mass is 10.0. The van der Waals surface area contributed by atoms with Gasteiger partial charge in [0.25, 0.3) is 5.91 Å². The van der Waals surface area contributed by atoms with Crippen molar-refractivity contribution in [1.29, 1.82) is 0 Å². The first-order valence-corrected chi connectivity index (χ1v) is 6.97. The van der Waals surface area contributed by atoms with Crippen molar-refractivity contribution < 1.29 is 4.79 Å². The number of hydrogen-bond donors (Lipinski definition) is 0. The van der Waals surface area contributed by atoms with E-state index in [1.807, 2.05) is 29.2 Å². The molecule has 20 heavy (non-hydrogen) atoms. The van der Waals surface area contributed by atoms with Crippen molar-refractivity contribution in [3.63, 3.8) is 0 Å². The Bertz CT molecular complexity index is 627. The van der Waals surface area contributed by atoms with E-state index in [0.717, 1.165) is 36.2 Å². The van der Waals surface area contributed by atoms with Crippen LogP contribution in [0.2, 0.25) is 5.15 Å². The smallest absolute Gasteiger partial charge is 0.254 e. The SMILES string of the molecule is O=C1c2ccccc2CCCN1Cc1ccc(Cl)nn1. The van der Waals surface area contributed by atoms with Crippen LogP contribution < -0.4 is 0 Å². The van der Waals surface area contributed by atoms with Crippen molar-refractivity contribution in [2.24, 2.45) is 0 Å². The zero-order chi connectivity index (χ0) is 13.9. The molecule has 0 spiro atoms. The first-order valence-electron chi connectivity index (χ1n) is 6.59. The summed E-state index contributed by atoms with van der Waals surface area (Å²) in [6, 6.07) is 11.3. The molecule has 102 valence electrons. The van der Waals surface area contributed by atoms with E-state index in [2.05, 4.69) is 10.2 Å². The summed E-state index contributed by atoms with van der Waals surface area (Å²) in [6.45, 7) is 1.20. The fourth-order valence-corrected chi connectivity index (χ4v) is 2.55. The van der Waals surface area contributed by atoms with Crippen LogP contribution in [0.5, 0.6) is 0 Å². The molecule has 1 aromatic heterocycles. The third kappa shape index (κ3) is 2.65. The molecule has 1 aliphatic rings. The third-order valence-electron chi connectivity index (χ3n) is 3.45. The van der Waals surface area contributed by atoms with E-state index in [1.54, 1.807) is 12.1 Å². The summed E-state index contributed by atoms with van der Waals surface area (Å²) in [5, 5.41) is 8.19. The van der Waals surface area contributed by atoms with Gasteiger partial charge in [0.05, 0.1) is 12.2 Å². The Labute approximate surface area is 122 Å². The number of benzene rings is 1. The fraction of sp³-hybridized carbons (Fsp3) is 0.267. The lowest BCUT2D eigenvalue weighted by Gasteiger charge is -2.20. The van der Waals surface area contributed by atoms with Gasteiger partial charge >= 0.3 is 0 Å². The van der Waals surface area contributed by atoms with E-state index in [-0.39, 0.29) is 5.91 Å². The Balaban J connectivity index is 1.84. The maximum Gasteiger partial charge on any atom is 0.254 e. The molecular weight excluding hydrogens is 274 g/mol. The highest BCUT2D eigenvalue weighted by atomic mass is 35.5. The van der Waals surface area contributed by atoms with Gasteiger partial charge in [-0.15, -0.1) is 5.10 Å². The Morgan fingerprint density at radius 1 is 1.15 bits per heavy atom. The predicted molar refractivity (Wildman–Crippen MR) is 76.5 cm³/mol. The van der Waals surface area contributed by atoms with E-state index < -0.39 is 0 Å². The largest absolute Gasteiger partial charge is 0.333 e. The molecule has 0 fully saturated rings. The van der Waals surface area contributed by atoms with Crippen LogP contribution >= 0.6 is 11.6 Å². The summed E-state index contributed by atoms with van der Waals surface area (Å²) >= 11 is 5.72. The summed E-state index contributed by atoms with van der Waals surface area (Å²) in [5.41, 5.74) is 2.68. The molecule has 0 bridgehead atoms. The normalized spacial score (nSPS) is 14.8. The molecular formula is C15H14ClN3O. The minimum Gasteiger partial charge on any atom is -0.333 e. The number of aryl methyl sites for hydroxylation is 1. The minimum atomic E-state index is 0.0647. The Kier molecular flexibility index (Phi) is 3.65. The molecule has 2 aromatic rings. The maximum atomic E-state index is 12.6. The second-order valence-corrected chi connectivity index (χ2v) is 5.22. The van der Waals surface area contributed by atoms with Crippen LogP contribution in [-0.2, 0) is 13.0 Å². The van der Waals surface area contributed by atoms with Crippen molar-refractivity contribution in [2.45, 2.75) is 19.4 Å². The Morgan fingerprint density at radius 2 is 2.00 bits per heavy atom. The molecule has 3 rings (SSSR count). The van der Waals surface area contributed by atoms with Crippen LogP contribution in [0, 0.1) is 0 Å². The molecule has 0 saturated heterocycles. The molecule has 0 N–H and O–H groups in total. The first kappa shape index (κ1) is 13.1. The highest BCUT2D eigenvalue weighted by Crippen LogP contribution is 2.19. The standard InChI is InChI=1S/C15H14ClN3O/c16-14-8-7-12(17-18-14)10-19-9-3-5-11-4-1-2-6-13(11)15(19)20/h1-2,4,6-8H,3,5,9-10H2. The number of carbonyl (C=O) groups excluding carboxylic acids is 1. The van der Waals surface area contributed by atoms with Crippen molar-refractivity contribution in [2.75, 3.05) is 6.54 Å². The molecule has 5 heteroatoms. The molecule has 1 amide bonds. The summed E-state index contributed by atoms with van der Waals surface area (Å²) in [7, 11) is 0. The highest BCUT2D eigenvalue weighted by Gasteiger charge is 2.22. The summed E-state index contributed by atoms with van der Waals surface area (Å²) in [4.78, 5) is 14.4. The van der Waals surface area contributed by atoms with Gasteiger partial charge in [0.2, 0.25) is 0 Å². The number of hydrogen-bond acceptors (Lipinski definition) is 3. The van der Waals surface area contributed by atoms with E-state index in [4.69, 9.17) is 11.6 Å². The Hall–Kier alpha value is -1.94. The second kappa shape index (κ2) is 5.59. The first-order chi connectivity index (χ1) is 9.74. The van der Waals surface area contributed by atoms with E-state index in [0.29, 0.717) is 11.7 Å². The minimum absolute atomic E-state index is 0.0647. The van der Waals surface area contributed by atoms with Crippen LogP contribution in [-0.4, -0.2) is 27.5 Å². The van der Waals surface area contributed by atoms with Crippen molar-refractivity contribution in [1.82, 2.24) is 15.1 Å². The number of fused-ring (bicyclic) bond motifs is 1. The van der Waals surface area contributed by atoms with E-state index >= 15 is 0 Å². The molecule has 0 saturated carbocycles. The van der Waals surface area contributed by atoms with Gasteiger partial charge in [-0.05, 0) is 36.6 Å². The third-order valence-corrected chi connectivity index (χ3v) is 3.65. The summed E-state index contributed by atoms with van der Waals surface area (Å²) in [6.07, 6.45) is 1.90. The van der Waals surface area contributed by atoms with Gasteiger partial charge in [-0.1, -0.05) is 29.8 Å². The van der Waals surface area contributed by atoms with Crippen LogP contribution in [0.4, 0.5) is 0 Å². The van der Waals surface area contributed by atoms with Crippen LogP contribution in [0.25, 0.3) is 0 Å². The topological polar surface area (TPSA) is 46.1 Å². The second-order valence-electron chi connectivity index (χ2n) is 4.83. The predicted octanol–water partition coefficient (Wildman–Crippen LogP) is 2.72. The quantitative estimate of drug-likeness (QED) is 0.853. The van der Waals surface area contributed by atoms with Gasteiger partial charge in [0.1, 0.15) is 0 Å². The molecule has 4 nitrogen and oxygen atoms in total. The van der Waals surface area contributed by atoms with Gasteiger partial charge < -0.3 is 4.90 Å². The summed E-state index contributed by atoms with van der Waals surface area (Å²) in [5.74, 6) is 0.0647. The zero-order valence-corrected chi connectivity index (χ0v) is 11.7. The number of amides is 1. The molecule has 0 aliphatic carbocycles. The molecule has 1 aliphatic heterocycles. The summed E-state index contributed by atoms with van der Waals surface area (Å²) < 4.78 is 0. The van der Waals surface area contributed by atoms with Gasteiger partial charge in [-0.25, -0.2) is 0 Å². The van der Waals surface area contributed by atoms with E-state index in [9.17, 15) is 4.79 Å². The van der Waals surface area contributed by atoms with E-state index in [1.165, 1.54) is 0 Å². The number of halogens is 1. The molecule has 0 atom stereocenters. The average Bonchev–Trinajstić information content (AvgIpc) is 2.62. The lowest BCUT2D eigenvalue weighted by molar-refractivity contribution is 0.0746. The van der Waals surface area contributed by atoms with Crippen LogP contribution in [0.3, 0.4) is 0 Å². The van der Waals surface area contributed by atoms with Crippen LogP contribution in [0.1, 0.15) is 28.0 Å². The molecule has 0 unspecified atom stereocenters. The number of aromatic nitrogens is 2. The van der Waals surface area contributed by atoms with Gasteiger partial charge in [-0.3, -0.25) is 4.79 Å². The van der Waals surface area contributed by atoms with Gasteiger partial charge in [0.15, 0.2) is 5.15 Å². The van der Waals surface area contributed by atoms with Crippen molar-refractivity contribution in [3.8, 4) is 0 Å². The highest BCUT2D eigenvalue weighted by molar-refractivity contribution is 6.29. The number of carbonyl (C=O) groups is 1. The fourth-order valence-electron chi connectivity index (χ4n) is 2.45. The zero-order valence-electron chi connectivity index (χ0n) is 10.9. The van der Waals surface area contributed by atoms with Crippen molar-refractivity contribution >= 4 is 17.5 Å². The molecule has 0 radical (unpaired) electrons. The number of nitrogens with zero attached hydrogens (tertiary/aromatic N) is 3. The van der Waals surface area contributed by atoms with Gasteiger partial charge in [-0.2, -0.15) is 5.10 Å². The molecule has 2 heterocycles. The average molecular weight is 288 g/mol. The lowest BCUT2D eigenvalue weighted by Crippen LogP contribution is -2.30. The number of rotatable bonds is 2. The Morgan fingerprint density at radius 3 is 2.80 bits per heavy atom. The van der Waals surface area contributed by atoms with Crippen LogP contribution in [0.15, 0.2) is 36.4 Å².